The number of methoxy groups -OCH3 is 1. The molecule has 1 aromatic carbocycles. The van der Waals surface area contributed by atoms with Gasteiger partial charge < -0.3 is 15.2 Å². The molecule has 2 N–H and O–H groups in total. The second-order valence-electron chi connectivity index (χ2n) is 5.36. The molecular formula is C15H23NO2. The van der Waals surface area contributed by atoms with Crippen molar-refractivity contribution in [1.29, 1.82) is 0 Å². The van der Waals surface area contributed by atoms with E-state index in [-0.39, 0.29) is 6.04 Å². The zero-order chi connectivity index (χ0) is 13.1. The van der Waals surface area contributed by atoms with Crippen molar-refractivity contribution < 1.29 is 9.84 Å². The third kappa shape index (κ3) is 2.85. The van der Waals surface area contributed by atoms with Crippen LogP contribution in [-0.2, 0) is 0 Å². The summed E-state index contributed by atoms with van der Waals surface area (Å²) in [6, 6.07) is 6.07. The first kappa shape index (κ1) is 13.4. The highest BCUT2D eigenvalue weighted by Gasteiger charge is 2.26. The van der Waals surface area contributed by atoms with Crippen LogP contribution in [0.3, 0.4) is 0 Å². The van der Waals surface area contributed by atoms with Gasteiger partial charge in [0.2, 0.25) is 0 Å². The van der Waals surface area contributed by atoms with Crippen LogP contribution in [-0.4, -0.2) is 24.8 Å². The summed E-state index contributed by atoms with van der Waals surface area (Å²) < 4.78 is 5.24. The Balaban J connectivity index is 2.12. The molecule has 0 saturated carbocycles. The number of nitrogens with one attached hydrogen (secondary N) is 1. The van der Waals surface area contributed by atoms with E-state index in [1.165, 1.54) is 6.42 Å². The standard InChI is InChI=1S/C15H23NO2/c1-10-6-7-16-13(8-10)15(17)12-4-5-14(18-3)11(2)9-12/h4-5,9-10,13,15-17H,6-8H2,1-3H3. The summed E-state index contributed by atoms with van der Waals surface area (Å²) in [5.74, 6) is 1.56. The zero-order valence-electron chi connectivity index (χ0n) is 11.4. The maximum atomic E-state index is 10.4. The predicted octanol–water partition coefficient (Wildman–Crippen LogP) is 2.43. The van der Waals surface area contributed by atoms with Gasteiger partial charge in [-0.2, -0.15) is 0 Å². The van der Waals surface area contributed by atoms with Gasteiger partial charge in [-0.1, -0.05) is 13.0 Å². The topological polar surface area (TPSA) is 41.5 Å². The molecule has 3 heteroatoms. The summed E-state index contributed by atoms with van der Waals surface area (Å²) in [5, 5.41) is 13.9. The van der Waals surface area contributed by atoms with Gasteiger partial charge >= 0.3 is 0 Å². The Morgan fingerprint density at radius 1 is 1.44 bits per heavy atom. The minimum absolute atomic E-state index is 0.168. The fourth-order valence-electron chi connectivity index (χ4n) is 2.71. The lowest BCUT2D eigenvalue weighted by Crippen LogP contribution is -2.41. The van der Waals surface area contributed by atoms with Crippen molar-refractivity contribution in [1.82, 2.24) is 5.32 Å². The summed E-state index contributed by atoms with van der Waals surface area (Å²) >= 11 is 0. The molecule has 0 radical (unpaired) electrons. The average molecular weight is 249 g/mol. The van der Waals surface area contributed by atoms with Gasteiger partial charge in [0.05, 0.1) is 13.2 Å². The number of rotatable bonds is 3. The highest BCUT2D eigenvalue weighted by molar-refractivity contribution is 5.37. The predicted molar refractivity (Wildman–Crippen MR) is 72.9 cm³/mol. The van der Waals surface area contributed by atoms with Gasteiger partial charge in [0.15, 0.2) is 0 Å². The second kappa shape index (κ2) is 5.72. The van der Waals surface area contributed by atoms with Crippen LogP contribution in [0.25, 0.3) is 0 Å². The van der Waals surface area contributed by atoms with Crippen molar-refractivity contribution >= 4 is 0 Å². The van der Waals surface area contributed by atoms with Crippen LogP contribution in [0.2, 0.25) is 0 Å². The minimum atomic E-state index is -0.433. The monoisotopic (exact) mass is 249 g/mol. The first-order valence-corrected chi connectivity index (χ1v) is 6.67. The van der Waals surface area contributed by atoms with E-state index >= 15 is 0 Å². The van der Waals surface area contributed by atoms with Gasteiger partial charge in [0.25, 0.3) is 0 Å². The number of aryl methyl sites for hydroxylation is 1. The van der Waals surface area contributed by atoms with Crippen molar-refractivity contribution in [3.8, 4) is 5.75 Å². The van der Waals surface area contributed by atoms with E-state index in [1.54, 1.807) is 7.11 Å². The van der Waals surface area contributed by atoms with Gasteiger partial charge in [0, 0.05) is 6.04 Å². The Hall–Kier alpha value is -1.06. The SMILES string of the molecule is COc1ccc(C(O)C2CC(C)CCN2)cc1C. The molecule has 1 heterocycles. The lowest BCUT2D eigenvalue weighted by Gasteiger charge is -2.32. The lowest BCUT2D eigenvalue weighted by atomic mass is 9.88. The van der Waals surface area contributed by atoms with E-state index in [0.29, 0.717) is 5.92 Å². The van der Waals surface area contributed by atoms with Crippen LogP contribution in [0.5, 0.6) is 5.75 Å². The zero-order valence-corrected chi connectivity index (χ0v) is 11.4. The van der Waals surface area contributed by atoms with Crippen molar-refractivity contribution in [2.24, 2.45) is 5.92 Å². The summed E-state index contributed by atoms with van der Waals surface area (Å²) in [7, 11) is 1.67. The maximum Gasteiger partial charge on any atom is 0.121 e. The smallest absolute Gasteiger partial charge is 0.121 e. The van der Waals surface area contributed by atoms with E-state index < -0.39 is 6.10 Å². The summed E-state index contributed by atoms with van der Waals surface area (Å²) in [5.41, 5.74) is 2.04. The first-order chi connectivity index (χ1) is 8.61. The van der Waals surface area contributed by atoms with Gasteiger partial charge in [-0.25, -0.2) is 0 Å². The molecular weight excluding hydrogens is 226 g/mol. The Morgan fingerprint density at radius 3 is 2.83 bits per heavy atom. The van der Waals surface area contributed by atoms with Crippen LogP contribution in [0.4, 0.5) is 0 Å². The molecule has 1 aromatic rings. The molecule has 3 atom stereocenters. The molecule has 100 valence electrons. The van der Waals surface area contributed by atoms with E-state index in [1.807, 2.05) is 25.1 Å². The van der Waals surface area contributed by atoms with Gasteiger partial charge in [-0.3, -0.25) is 0 Å². The van der Waals surface area contributed by atoms with E-state index in [2.05, 4.69) is 12.2 Å². The fraction of sp³-hybridized carbons (Fsp3) is 0.600. The lowest BCUT2D eigenvalue weighted by molar-refractivity contribution is 0.101. The molecule has 3 unspecified atom stereocenters. The van der Waals surface area contributed by atoms with Crippen LogP contribution >= 0.6 is 0 Å². The van der Waals surface area contributed by atoms with Gasteiger partial charge in [-0.15, -0.1) is 0 Å². The Labute approximate surface area is 109 Å². The summed E-state index contributed by atoms with van der Waals surface area (Å²) in [6.45, 7) is 5.25. The van der Waals surface area contributed by atoms with Crippen molar-refractivity contribution in [2.75, 3.05) is 13.7 Å². The van der Waals surface area contributed by atoms with E-state index in [9.17, 15) is 5.11 Å². The molecule has 0 amide bonds. The third-order valence-electron chi connectivity index (χ3n) is 3.84. The van der Waals surface area contributed by atoms with Crippen molar-refractivity contribution in [3.05, 3.63) is 29.3 Å². The maximum absolute atomic E-state index is 10.4. The van der Waals surface area contributed by atoms with Crippen molar-refractivity contribution in [3.63, 3.8) is 0 Å². The Morgan fingerprint density at radius 2 is 2.22 bits per heavy atom. The highest BCUT2D eigenvalue weighted by atomic mass is 16.5. The van der Waals surface area contributed by atoms with Gasteiger partial charge in [0.1, 0.15) is 5.75 Å². The molecule has 18 heavy (non-hydrogen) atoms. The molecule has 0 bridgehead atoms. The van der Waals surface area contributed by atoms with Crippen LogP contribution in [0.15, 0.2) is 18.2 Å². The number of hydrogen-bond donors (Lipinski definition) is 2. The number of hydrogen-bond acceptors (Lipinski definition) is 3. The van der Waals surface area contributed by atoms with E-state index in [4.69, 9.17) is 4.74 Å². The van der Waals surface area contributed by atoms with E-state index in [0.717, 1.165) is 29.8 Å². The summed E-state index contributed by atoms with van der Waals surface area (Å²) in [6.07, 6.45) is 1.80. The minimum Gasteiger partial charge on any atom is -0.496 e. The molecule has 0 spiro atoms. The third-order valence-corrected chi connectivity index (χ3v) is 3.84. The van der Waals surface area contributed by atoms with Crippen LogP contribution < -0.4 is 10.1 Å². The normalized spacial score (nSPS) is 25.8. The molecule has 3 nitrogen and oxygen atoms in total. The number of aliphatic hydroxyl groups is 1. The number of piperidine rings is 1. The second-order valence-corrected chi connectivity index (χ2v) is 5.36. The molecule has 1 aliphatic rings. The van der Waals surface area contributed by atoms with Crippen LogP contribution in [0, 0.1) is 12.8 Å². The highest BCUT2D eigenvalue weighted by Crippen LogP contribution is 2.28. The van der Waals surface area contributed by atoms with Gasteiger partial charge in [-0.05, 0) is 55.5 Å². The molecule has 2 rings (SSSR count). The van der Waals surface area contributed by atoms with Crippen LogP contribution in [0.1, 0.15) is 37.0 Å². The molecule has 0 aromatic heterocycles. The first-order valence-electron chi connectivity index (χ1n) is 6.67. The molecule has 1 saturated heterocycles. The Kier molecular flexibility index (Phi) is 4.25. The molecule has 1 aliphatic heterocycles. The number of aliphatic hydroxyl groups excluding tert-OH is 1. The molecule has 1 fully saturated rings. The Bertz CT molecular complexity index is 405. The summed E-state index contributed by atoms with van der Waals surface area (Å²) in [4.78, 5) is 0. The molecule has 0 aliphatic carbocycles. The quantitative estimate of drug-likeness (QED) is 0.864. The number of ether oxygens (including phenoxy) is 1. The van der Waals surface area contributed by atoms with Crippen molar-refractivity contribution in [2.45, 2.75) is 38.8 Å². The average Bonchev–Trinajstić information content (AvgIpc) is 2.37. The fourth-order valence-corrected chi connectivity index (χ4v) is 2.71. The largest absolute Gasteiger partial charge is 0.496 e. The number of benzene rings is 1.